The number of pyridine rings is 1. The van der Waals surface area contributed by atoms with E-state index in [4.69, 9.17) is 14.2 Å². The summed E-state index contributed by atoms with van der Waals surface area (Å²) in [6.45, 7) is 8.39. The Morgan fingerprint density at radius 2 is 1.84 bits per heavy atom. The molecule has 38 heavy (non-hydrogen) atoms. The Morgan fingerprint density at radius 3 is 2.50 bits per heavy atom. The highest BCUT2D eigenvalue weighted by molar-refractivity contribution is 7.93. The number of aliphatic hydroxyl groups excluding tert-OH is 1. The van der Waals surface area contributed by atoms with Crippen molar-refractivity contribution < 1.29 is 32.5 Å². The van der Waals surface area contributed by atoms with Crippen LogP contribution in [-0.2, 0) is 14.8 Å². The summed E-state index contributed by atoms with van der Waals surface area (Å²) >= 11 is 0. The van der Waals surface area contributed by atoms with E-state index in [1.54, 1.807) is 45.0 Å². The highest BCUT2D eigenvalue weighted by Gasteiger charge is 2.38. The third-order valence-electron chi connectivity index (χ3n) is 5.18. The van der Waals surface area contributed by atoms with Crippen LogP contribution in [0.25, 0.3) is 11.1 Å². The molecular weight excluding hydrogens is 512 g/mol. The summed E-state index contributed by atoms with van der Waals surface area (Å²) in [6.07, 6.45) is 2.71. The monoisotopic (exact) mass is 544 g/mol. The molecule has 0 aliphatic rings. The Bertz CT molecular complexity index is 1390. The molecule has 0 aliphatic carbocycles. The van der Waals surface area contributed by atoms with Gasteiger partial charge in [-0.05, 0) is 38.8 Å². The van der Waals surface area contributed by atoms with E-state index in [9.17, 15) is 18.3 Å². The molecule has 3 aromatic rings. The number of aliphatic hydroxyl groups is 1. The minimum absolute atomic E-state index is 0.0285. The first-order valence-electron chi connectivity index (χ1n) is 11.8. The highest BCUT2D eigenvalue weighted by Crippen LogP contribution is 2.38. The fourth-order valence-electron chi connectivity index (χ4n) is 3.33. The number of hydrogen-bond acceptors (Lipinski definition) is 10. The summed E-state index contributed by atoms with van der Waals surface area (Å²) in [7, 11) is -3.39. The van der Waals surface area contributed by atoms with Gasteiger partial charge in [0.1, 0.15) is 16.2 Å². The summed E-state index contributed by atoms with van der Waals surface area (Å²) in [5.41, 5.74) is 0.135. The van der Waals surface area contributed by atoms with E-state index >= 15 is 0 Å². The third kappa shape index (κ3) is 6.37. The molecule has 3 rings (SSSR count). The number of hydrogen-bond donors (Lipinski definition) is 1. The van der Waals surface area contributed by atoms with Gasteiger partial charge in [0.05, 0.1) is 32.2 Å². The lowest BCUT2D eigenvalue weighted by Crippen LogP contribution is -2.39. The molecule has 1 amide bonds. The van der Waals surface area contributed by atoms with Gasteiger partial charge in [0.2, 0.25) is 5.82 Å². The number of amides is 1. The van der Waals surface area contributed by atoms with Gasteiger partial charge in [-0.25, -0.2) is 23.2 Å². The van der Waals surface area contributed by atoms with Crippen LogP contribution in [0.3, 0.4) is 0 Å². The maximum absolute atomic E-state index is 14.2. The number of carbonyl (C=O) groups is 1. The number of aromatic nitrogens is 3. The van der Waals surface area contributed by atoms with Gasteiger partial charge in [-0.3, -0.25) is 4.98 Å². The fourth-order valence-corrected chi connectivity index (χ4v) is 4.78. The van der Waals surface area contributed by atoms with Crippen LogP contribution in [0.15, 0.2) is 53.8 Å². The molecule has 0 spiro atoms. The number of ether oxygens (including phenoxy) is 3. The molecule has 2 heterocycles. The molecule has 1 N–H and O–H groups in total. The number of benzene rings is 1. The lowest BCUT2D eigenvalue weighted by atomic mass is 10.1. The maximum Gasteiger partial charge on any atom is 0.430 e. The molecule has 0 fully saturated rings. The van der Waals surface area contributed by atoms with Gasteiger partial charge < -0.3 is 19.3 Å². The van der Waals surface area contributed by atoms with Gasteiger partial charge in [0.25, 0.3) is 15.9 Å². The van der Waals surface area contributed by atoms with Crippen LogP contribution in [0.4, 0.5) is 10.6 Å². The molecule has 0 saturated carbocycles. The van der Waals surface area contributed by atoms with Crippen molar-refractivity contribution in [2.75, 3.05) is 24.6 Å². The van der Waals surface area contributed by atoms with Gasteiger partial charge in [0.15, 0.2) is 0 Å². The van der Waals surface area contributed by atoms with E-state index in [0.29, 0.717) is 21.3 Å². The number of para-hydroxylation sites is 1. The first-order chi connectivity index (χ1) is 17.9. The van der Waals surface area contributed by atoms with Crippen molar-refractivity contribution in [3.05, 3.63) is 54.6 Å². The van der Waals surface area contributed by atoms with Gasteiger partial charge in [-0.15, -0.1) is 4.31 Å². The average Bonchev–Trinajstić information content (AvgIpc) is 2.88. The molecule has 0 bridgehead atoms. The maximum atomic E-state index is 14.2. The van der Waals surface area contributed by atoms with Crippen molar-refractivity contribution in [2.24, 2.45) is 5.92 Å². The van der Waals surface area contributed by atoms with Crippen LogP contribution < -0.4 is 13.8 Å². The highest BCUT2D eigenvalue weighted by atomic mass is 32.2. The minimum atomic E-state index is -4.68. The second-order valence-corrected chi connectivity index (χ2v) is 11.2. The third-order valence-corrected chi connectivity index (χ3v) is 6.87. The van der Waals surface area contributed by atoms with Crippen LogP contribution in [0, 0.1) is 12.8 Å². The van der Waals surface area contributed by atoms with E-state index in [1.165, 1.54) is 25.6 Å². The second-order valence-electron chi connectivity index (χ2n) is 9.47. The number of nitrogens with zero attached hydrogens (tertiary/aromatic N) is 4. The zero-order chi connectivity index (χ0) is 28.1. The predicted octanol–water partition coefficient (Wildman–Crippen LogP) is 3.99. The number of rotatable bonds is 10. The SMILES string of the molecule is COc1nc(C)cnc1N(C(=O)OCC(C)C)S(=O)(=O)c1cnccc1-c1ccccc1OC(C)(C)CO. The van der Waals surface area contributed by atoms with Crippen molar-refractivity contribution in [1.29, 1.82) is 0 Å². The number of carbonyl (C=O) groups excluding carboxylic acids is 1. The van der Waals surface area contributed by atoms with Crippen molar-refractivity contribution in [3.8, 4) is 22.8 Å². The number of aryl methyl sites for hydroxylation is 1. The largest absolute Gasteiger partial charge is 0.485 e. The fraction of sp³-hybridized carbons (Fsp3) is 0.385. The van der Waals surface area contributed by atoms with Crippen LogP contribution in [0.5, 0.6) is 11.6 Å². The molecule has 204 valence electrons. The Morgan fingerprint density at radius 1 is 1.13 bits per heavy atom. The lowest BCUT2D eigenvalue weighted by molar-refractivity contribution is 0.0417. The molecule has 11 nitrogen and oxygen atoms in total. The predicted molar refractivity (Wildman–Crippen MR) is 141 cm³/mol. The van der Waals surface area contributed by atoms with E-state index in [0.717, 1.165) is 6.20 Å². The molecule has 0 saturated heterocycles. The summed E-state index contributed by atoms with van der Waals surface area (Å²) in [5, 5.41) is 9.71. The van der Waals surface area contributed by atoms with Crippen molar-refractivity contribution >= 4 is 21.9 Å². The molecular formula is C26H32N4O7S. The van der Waals surface area contributed by atoms with Crippen LogP contribution >= 0.6 is 0 Å². The minimum Gasteiger partial charge on any atom is -0.485 e. The number of methoxy groups -OCH3 is 1. The van der Waals surface area contributed by atoms with E-state index in [-0.39, 0.29) is 41.3 Å². The first kappa shape index (κ1) is 28.8. The number of anilines is 1. The van der Waals surface area contributed by atoms with Crippen molar-refractivity contribution in [2.45, 2.75) is 45.1 Å². The second kappa shape index (κ2) is 11.7. The molecule has 0 radical (unpaired) electrons. The molecule has 0 unspecified atom stereocenters. The van der Waals surface area contributed by atoms with Crippen molar-refractivity contribution in [3.63, 3.8) is 0 Å². The van der Waals surface area contributed by atoms with Crippen LogP contribution in [0.2, 0.25) is 0 Å². The van der Waals surface area contributed by atoms with Gasteiger partial charge >= 0.3 is 6.09 Å². The molecule has 0 atom stereocenters. The Hall–Kier alpha value is -3.77. The standard InChI is InChI=1S/C26H32N4O7S/c1-17(2)15-36-25(32)30(23-24(35-6)29-18(3)13-28-23)38(33,34)22-14-27-12-11-20(22)19-9-7-8-10-21(19)37-26(4,5)16-31/h7-14,17,31H,15-16H2,1-6H3. The van der Waals surface area contributed by atoms with Crippen LogP contribution in [0.1, 0.15) is 33.4 Å². The van der Waals surface area contributed by atoms with Crippen molar-refractivity contribution in [1.82, 2.24) is 15.0 Å². The topological polar surface area (TPSA) is 141 Å². The quantitative estimate of drug-likeness (QED) is 0.398. The molecule has 0 aliphatic heterocycles. The van der Waals surface area contributed by atoms with E-state index < -0.39 is 21.7 Å². The first-order valence-corrected chi connectivity index (χ1v) is 13.3. The van der Waals surface area contributed by atoms with Crippen LogP contribution in [-0.4, -0.2) is 60.5 Å². The zero-order valence-corrected chi connectivity index (χ0v) is 23.0. The number of sulfonamides is 1. The summed E-state index contributed by atoms with van der Waals surface area (Å²) in [6, 6.07) is 8.27. The zero-order valence-electron chi connectivity index (χ0n) is 22.2. The smallest absolute Gasteiger partial charge is 0.430 e. The molecule has 2 aromatic heterocycles. The normalized spacial score (nSPS) is 11.8. The van der Waals surface area contributed by atoms with E-state index in [1.807, 2.05) is 13.8 Å². The molecule has 1 aromatic carbocycles. The Kier molecular flexibility index (Phi) is 8.89. The van der Waals surface area contributed by atoms with Gasteiger partial charge in [-0.2, -0.15) is 0 Å². The van der Waals surface area contributed by atoms with E-state index in [2.05, 4.69) is 15.0 Å². The molecule has 12 heteroatoms. The Labute approximate surface area is 222 Å². The van der Waals surface area contributed by atoms with Gasteiger partial charge in [0, 0.05) is 23.5 Å². The average molecular weight is 545 g/mol. The summed E-state index contributed by atoms with van der Waals surface area (Å²) in [5.74, 6) is -0.250. The van der Waals surface area contributed by atoms with Gasteiger partial charge in [-0.1, -0.05) is 32.0 Å². The summed E-state index contributed by atoms with van der Waals surface area (Å²) < 4.78 is 45.4. The lowest BCUT2D eigenvalue weighted by Gasteiger charge is -2.26. The summed E-state index contributed by atoms with van der Waals surface area (Å²) in [4.78, 5) is 25.3. The Balaban J connectivity index is 2.24.